The second kappa shape index (κ2) is 9.22. The number of hydrogen-bond acceptors (Lipinski definition) is 6. The van der Waals surface area contributed by atoms with Crippen molar-refractivity contribution in [3.05, 3.63) is 74.2 Å². The van der Waals surface area contributed by atoms with E-state index in [4.69, 9.17) is 0 Å². The first-order chi connectivity index (χ1) is 16.9. The SMILES string of the molecule is CCn1nnc2c(C)c(C(CC(=O)O)c3ccc4c(c3)CN(C(=O)c3csc(C)n3)CC4)ccc21. The van der Waals surface area contributed by atoms with Crippen LogP contribution in [0, 0.1) is 13.8 Å². The zero-order chi connectivity index (χ0) is 24.7. The molecule has 2 aromatic heterocycles. The van der Waals surface area contributed by atoms with Crippen molar-refractivity contribution in [3.63, 3.8) is 0 Å². The van der Waals surface area contributed by atoms with Gasteiger partial charge in [-0.05, 0) is 61.1 Å². The number of thiazole rings is 1. The largest absolute Gasteiger partial charge is 0.481 e. The third-order valence-electron chi connectivity index (χ3n) is 6.81. The van der Waals surface area contributed by atoms with Crippen LogP contribution in [0.3, 0.4) is 0 Å². The lowest BCUT2D eigenvalue weighted by Crippen LogP contribution is -2.36. The number of aromatic nitrogens is 4. The van der Waals surface area contributed by atoms with Gasteiger partial charge in [-0.1, -0.05) is 29.5 Å². The topological polar surface area (TPSA) is 101 Å². The molecule has 180 valence electrons. The van der Waals surface area contributed by atoms with E-state index < -0.39 is 5.97 Å². The third kappa shape index (κ3) is 4.32. The Labute approximate surface area is 207 Å². The summed E-state index contributed by atoms with van der Waals surface area (Å²) in [6.45, 7) is 7.74. The number of benzene rings is 2. The van der Waals surface area contributed by atoms with Gasteiger partial charge in [-0.15, -0.1) is 16.4 Å². The van der Waals surface area contributed by atoms with E-state index in [2.05, 4.69) is 27.4 Å². The van der Waals surface area contributed by atoms with Gasteiger partial charge >= 0.3 is 5.97 Å². The number of aliphatic carboxylic acids is 1. The van der Waals surface area contributed by atoms with Crippen LogP contribution < -0.4 is 0 Å². The fourth-order valence-electron chi connectivity index (χ4n) is 4.97. The van der Waals surface area contributed by atoms with E-state index in [0.29, 0.717) is 25.3 Å². The average molecular weight is 490 g/mol. The van der Waals surface area contributed by atoms with Crippen LogP contribution >= 0.6 is 11.3 Å². The van der Waals surface area contributed by atoms with Crippen molar-refractivity contribution in [1.29, 1.82) is 0 Å². The second-order valence-corrected chi connectivity index (χ2v) is 10.0. The van der Waals surface area contributed by atoms with E-state index in [1.54, 1.807) is 5.38 Å². The number of carbonyl (C=O) groups excluding carboxylic acids is 1. The summed E-state index contributed by atoms with van der Waals surface area (Å²) >= 11 is 1.47. The molecule has 1 amide bonds. The van der Waals surface area contributed by atoms with Crippen molar-refractivity contribution >= 4 is 34.2 Å². The van der Waals surface area contributed by atoms with Crippen molar-refractivity contribution in [2.75, 3.05) is 6.54 Å². The molecule has 0 spiro atoms. The maximum absolute atomic E-state index is 13.0. The Morgan fingerprint density at radius 1 is 1.17 bits per heavy atom. The minimum atomic E-state index is -0.861. The summed E-state index contributed by atoms with van der Waals surface area (Å²) in [4.78, 5) is 31.0. The highest BCUT2D eigenvalue weighted by Crippen LogP contribution is 2.35. The molecule has 1 N–H and O–H groups in total. The molecule has 9 heteroatoms. The molecule has 0 fully saturated rings. The number of carboxylic acid groups (broad SMARTS) is 1. The van der Waals surface area contributed by atoms with E-state index >= 15 is 0 Å². The van der Waals surface area contributed by atoms with Crippen molar-refractivity contribution in [3.8, 4) is 0 Å². The molecule has 8 nitrogen and oxygen atoms in total. The molecule has 0 aliphatic carbocycles. The molecule has 1 unspecified atom stereocenters. The van der Waals surface area contributed by atoms with Crippen LogP contribution in [0.15, 0.2) is 35.7 Å². The summed E-state index contributed by atoms with van der Waals surface area (Å²) in [7, 11) is 0. The Morgan fingerprint density at radius 3 is 2.71 bits per heavy atom. The van der Waals surface area contributed by atoms with E-state index in [0.717, 1.165) is 44.7 Å². The van der Waals surface area contributed by atoms with Crippen molar-refractivity contribution < 1.29 is 14.7 Å². The van der Waals surface area contributed by atoms with E-state index in [-0.39, 0.29) is 18.2 Å². The highest BCUT2D eigenvalue weighted by Gasteiger charge is 2.26. The van der Waals surface area contributed by atoms with Crippen molar-refractivity contribution in [1.82, 2.24) is 24.9 Å². The second-order valence-electron chi connectivity index (χ2n) is 8.96. The first-order valence-electron chi connectivity index (χ1n) is 11.7. The molecule has 0 saturated heterocycles. The average Bonchev–Trinajstić information content (AvgIpc) is 3.48. The smallest absolute Gasteiger partial charge is 0.304 e. The van der Waals surface area contributed by atoms with Crippen molar-refractivity contribution in [2.45, 2.75) is 52.6 Å². The Balaban J connectivity index is 1.50. The van der Waals surface area contributed by atoms with Gasteiger partial charge < -0.3 is 10.0 Å². The molecule has 1 aliphatic rings. The number of hydrogen-bond donors (Lipinski definition) is 1. The summed E-state index contributed by atoms with van der Waals surface area (Å²) in [5.41, 5.74) is 7.29. The number of nitrogens with zero attached hydrogens (tertiary/aromatic N) is 5. The van der Waals surface area contributed by atoms with Gasteiger partial charge in [0.15, 0.2) is 0 Å². The zero-order valence-corrected chi connectivity index (χ0v) is 20.8. The highest BCUT2D eigenvalue weighted by atomic mass is 32.1. The van der Waals surface area contributed by atoms with Gasteiger partial charge in [-0.3, -0.25) is 9.59 Å². The standard InChI is InChI=1S/C26H27N5O3S/c1-4-31-23-8-7-20(15(2)25(23)28-29-31)21(12-24(32)33)18-6-5-17-9-10-30(13-19(17)11-18)26(34)22-14-35-16(3)27-22/h5-8,11,14,21H,4,9-10,12-13H2,1-3H3,(H,32,33). The number of carboxylic acids is 1. The highest BCUT2D eigenvalue weighted by molar-refractivity contribution is 7.09. The van der Waals surface area contributed by atoms with Gasteiger partial charge in [0.1, 0.15) is 11.2 Å². The molecule has 0 bridgehead atoms. The van der Waals surface area contributed by atoms with Crippen LogP contribution in [0.25, 0.3) is 11.0 Å². The quantitative estimate of drug-likeness (QED) is 0.433. The lowest BCUT2D eigenvalue weighted by Gasteiger charge is -2.29. The van der Waals surface area contributed by atoms with E-state index in [1.807, 2.05) is 48.6 Å². The Kier molecular flexibility index (Phi) is 6.10. The maximum Gasteiger partial charge on any atom is 0.304 e. The summed E-state index contributed by atoms with van der Waals surface area (Å²) in [6, 6.07) is 10.2. The Bertz CT molecular complexity index is 1440. The minimum absolute atomic E-state index is 0.0339. The monoisotopic (exact) mass is 489 g/mol. The van der Waals surface area contributed by atoms with E-state index in [1.165, 1.54) is 16.9 Å². The van der Waals surface area contributed by atoms with Crippen molar-refractivity contribution in [2.24, 2.45) is 0 Å². The normalized spacial score (nSPS) is 14.2. The lowest BCUT2D eigenvalue weighted by atomic mass is 9.83. The van der Waals surface area contributed by atoms with E-state index in [9.17, 15) is 14.7 Å². The fourth-order valence-corrected chi connectivity index (χ4v) is 5.55. The molecule has 3 heterocycles. The predicted octanol–water partition coefficient (Wildman–Crippen LogP) is 4.33. The number of amides is 1. The number of rotatable bonds is 6. The van der Waals surface area contributed by atoms with Gasteiger partial charge in [-0.2, -0.15) is 0 Å². The Hall–Kier alpha value is -3.59. The summed E-state index contributed by atoms with van der Waals surface area (Å²) in [6.07, 6.45) is 0.729. The van der Waals surface area contributed by atoms with Gasteiger partial charge in [0.25, 0.3) is 5.91 Å². The number of fused-ring (bicyclic) bond motifs is 2. The van der Waals surface area contributed by atoms with Crippen LogP contribution in [0.4, 0.5) is 0 Å². The van der Waals surface area contributed by atoms with Crippen LogP contribution in [0.1, 0.15) is 62.6 Å². The van der Waals surface area contributed by atoms with Gasteiger partial charge in [0, 0.05) is 30.9 Å². The zero-order valence-electron chi connectivity index (χ0n) is 20.0. The van der Waals surface area contributed by atoms with Gasteiger partial charge in [0.05, 0.1) is 16.9 Å². The maximum atomic E-state index is 13.0. The lowest BCUT2D eigenvalue weighted by molar-refractivity contribution is -0.137. The number of aryl methyl sites for hydroxylation is 3. The number of carbonyl (C=O) groups is 2. The first kappa shape index (κ1) is 23.2. The summed E-state index contributed by atoms with van der Waals surface area (Å²) in [5.74, 6) is -1.26. The Morgan fingerprint density at radius 2 is 2.00 bits per heavy atom. The molecular weight excluding hydrogens is 462 g/mol. The molecule has 5 rings (SSSR count). The third-order valence-corrected chi connectivity index (χ3v) is 7.58. The molecule has 35 heavy (non-hydrogen) atoms. The summed E-state index contributed by atoms with van der Waals surface area (Å²) < 4.78 is 1.84. The van der Waals surface area contributed by atoms with Crippen LogP contribution in [-0.4, -0.2) is 48.4 Å². The van der Waals surface area contributed by atoms with Crippen LogP contribution in [-0.2, 0) is 24.3 Å². The molecule has 0 saturated carbocycles. The van der Waals surface area contributed by atoms with Crippen LogP contribution in [0.2, 0.25) is 0 Å². The molecule has 4 aromatic rings. The summed E-state index contributed by atoms with van der Waals surface area (Å²) in [5, 5.41) is 21.0. The molecule has 1 atom stereocenters. The molecule has 1 aliphatic heterocycles. The minimum Gasteiger partial charge on any atom is -0.481 e. The molecular formula is C26H27N5O3S. The predicted molar refractivity (Wildman–Crippen MR) is 134 cm³/mol. The fraction of sp³-hybridized carbons (Fsp3) is 0.346. The first-order valence-corrected chi connectivity index (χ1v) is 12.6. The van der Waals surface area contributed by atoms with Crippen LogP contribution in [0.5, 0.6) is 0 Å². The van der Waals surface area contributed by atoms with Gasteiger partial charge in [-0.25, -0.2) is 9.67 Å². The van der Waals surface area contributed by atoms with Gasteiger partial charge in [0.2, 0.25) is 0 Å². The molecule has 0 radical (unpaired) electrons. The molecule has 2 aromatic carbocycles.